The van der Waals surface area contributed by atoms with Crippen molar-refractivity contribution in [1.82, 2.24) is 0 Å². The number of benzene rings is 1. The van der Waals surface area contributed by atoms with Crippen LogP contribution in [0.3, 0.4) is 0 Å². The van der Waals surface area contributed by atoms with Gasteiger partial charge in [0.1, 0.15) is 13.2 Å². The largest absolute Gasteiger partial charge is 0.462 e. The monoisotopic (exact) mass is 369 g/mol. The van der Waals surface area contributed by atoms with Crippen LogP contribution in [0.2, 0.25) is 0 Å². The van der Waals surface area contributed by atoms with Crippen LogP contribution in [0.15, 0.2) is 36.9 Å². The highest BCUT2D eigenvalue weighted by Crippen LogP contribution is 2.29. The van der Waals surface area contributed by atoms with E-state index in [4.69, 9.17) is 14.5 Å². The van der Waals surface area contributed by atoms with Crippen molar-refractivity contribution >= 4 is 31.9 Å². The number of hydrogen-bond donors (Lipinski definition) is 3. The fourth-order valence-corrected chi connectivity index (χ4v) is 2.26. The van der Waals surface area contributed by atoms with Crippen LogP contribution in [0.5, 0.6) is 0 Å². The molecule has 0 saturated heterocycles. The molecule has 0 aliphatic heterocycles. The smallest absolute Gasteiger partial charge is 0.330 e. The first-order chi connectivity index (χ1) is 11.9. The average molecular weight is 369 g/mol. The summed E-state index contributed by atoms with van der Waals surface area (Å²) in [5, 5.41) is 2.62. The molecule has 0 aromatic heterocycles. The number of nitrogens with one attached hydrogen (secondary N) is 1. The summed E-state index contributed by atoms with van der Waals surface area (Å²) in [6, 6.07) is 6.63. The summed E-state index contributed by atoms with van der Waals surface area (Å²) in [5.74, 6) is -1.52. The number of esters is 2. The minimum atomic E-state index is -2.00. The van der Waals surface area contributed by atoms with E-state index in [0.717, 1.165) is 11.6 Å². The number of anilines is 1. The lowest BCUT2D eigenvalue weighted by Gasteiger charge is -2.08. The molecule has 1 amide bonds. The van der Waals surface area contributed by atoms with E-state index in [1.807, 2.05) is 0 Å². The molecular weight excluding hydrogens is 349 g/mol. The first-order valence-electron chi connectivity index (χ1n) is 7.39. The van der Waals surface area contributed by atoms with Crippen molar-refractivity contribution < 1.29 is 33.6 Å². The zero-order valence-electron chi connectivity index (χ0n) is 13.5. The lowest BCUT2D eigenvalue weighted by molar-refractivity contribution is -0.150. The number of hydrogen-bond acceptors (Lipinski definition) is 7. The molecule has 0 radical (unpaired) electrons. The Balaban J connectivity index is 2.24. The van der Waals surface area contributed by atoms with Gasteiger partial charge in [-0.25, -0.2) is 4.79 Å². The summed E-state index contributed by atoms with van der Waals surface area (Å²) in [5.41, 5.74) is 1.29. The molecule has 8 nitrogen and oxygen atoms in total. The fourth-order valence-electron chi connectivity index (χ4n) is 1.72. The van der Waals surface area contributed by atoms with Gasteiger partial charge in [0.25, 0.3) is 0 Å². The van der Waals surface area contributed by atoms with Gasteiger partial charge in [-0.05, 0) is 17.7 Å². The van der Waals surface area contributed by atoms with Crippen molar-refractivity contribution in [1.29, 1.82) is 0 Å². The molecule has 0 heterocycles. The molecule has 0 bridgehead atoms. The Morgan fingerprint density at radius 1 is 1.08 bits per heavy atom. The number of amides is 1. The average Bonchev–Trinajstić information content (AvgIpc) is 2.58. The first-order valence-corrected chi connectivity index (χ1v) is 8.83. The van der Waals surface area contributed by atoms with E-state index in [9.17, 15) is 14.4 Å². The van der Waals surface area contributed by atoms with Crippen molar-refractivity contribution in [3.05, 3.63) is 42.5 Å². The predicted molar refractivity (Wildman–Crippen MR) is 91.5 cm³/mol. The Morgan fingerprint density at radius 2 is 1.72 bits per heavy atom. The first kappa shape index (κ1) is 20.8. The Hall–Kier alpha value is -2.28. The van der Waals surface area contributed by atoms with Gasteiger partial charge < -0.3 is 24.6 Å². The second kappa shape index (κ2) is 11.3. The highest BCUT2D eigenvalue weighted by atomic mass is 31.2. The van der Waals surface area contributed by atoms with E-state index in [-0.39, 0.29) is 38.1 Å². The van der Waals surface area contributed by atoms with Crippen LogP contribution in [0.1, 0.15) is 18.4 Å². The fraction of sp³-hybridized carbons (Fsp3) is 0.312. The van der Waals surface area contributed by atoms with E-state index in [2.05, 4.69) is 16.6 Å². The molecule has 0 spiro atoms. The molecule has 1 aromatic rings. The van der Waals surface area contributed by atoms with Gasteiger partial charge in [-0.15, -0.1) is 0 Å². The standard InChI is InChI=1S/C16H20NO7P/c1-2-15(19)23-9-10-24-16(20)8-7-14(18)17-13-5-3-12(4-6-13)11-25(21)22/h2-6,21-22H,1,7-11H2,(H,17,18). The summed E-state index contributed by atoms with van der Waals surface area (Å²) >= 11 is 0. The normalized spacial score (nSPS) is 10.2. The van der Waals surface area contributed by atoms with E-state index in [1.165, 1.54) is 0 Å². The maximum atomic E-state index is 11.8. The molecule has 1 aromatic carbocycles. The maximum absolute atomic E-state index is 11.8. The zero-order chi connectivity index (χ0) is 18.7. The second-order valence-electron chi connectivity index (χ2n) is 4.87. The van der Waals surface area contributed by atoms with Gasteiger partial charge in [0, 0.05) is 24.3 Å². The summed E-state index contributed by atoms with van der Waals surface area (Å²) in [7, 11) is -2.00. The Bertz CT molecular complexity index is 601. The van der Waals surface area contributed by atoms with Crippen LogP contribution in [0.25, 0.3) is 0 Å². The molecule has 0 saturated carbocycles. The van der Waals surface area contributed by atoms with Gasteiger partial charge >= 0.3 is 11.9 Å². The summed E-state index contributed by atoms with van der Waals surface area (Å²) in [6.07, 6.45) is 1.02. The van der Waals surface area contributed by atoms with Crippen LogP contribution in [0, 0.1) is 0 Å². The van der Waals surface area contributed by atoms with Gasteiger partial charge in [0.05, 0.1) is 6.42 Å². The van der Waals surface area contributed by atoms with Crippen molar-refractivity contribution in [2.45, 2.75) is 19.0 Å². The molecule has 0 unspecified atom stereocenters. The molecule has 136 valence electrons. The molecule has 9 heteroatoms. The van der Waals surface area contributed by atoms with E-state index < -0.39 is 20.3 Å². The third kappa shape index (κ3) is 9.56. The third-order valence-corrected chi connectivity index (χ3v) is 3.52. The summed E-state index contributed by atoms with van der Waals surface area (Å²) in [4.78, 5) is 51.9. The van der Waals surface area contributed by atoms with E-state index in [1.54, 1.807) is 24.3 Å². The molecule has 0 aliphatic carbocycles. The summed E-state index contributed by atoms with van der Waals surface area (Å²) in [6.45, 7) is 3.07. The molecule has 0 fully saturated rings. The van der Waals surface area contributed by atoms with Gasteiger partial charge in [-0.1, -0.05) is 18.7 Å². The van der Waals surface area contributed by atoms with Crippen molar-refractivity contribution in [2.24, 2.45) is 0 Å². The minimum absolute atomic E-state index is 0.0500. The van der Waals surface area contributed by atoms with Gasteiger partial charge in [0.2, 0.25) is 5.91 Å². The molecular formula is C16H20NO7P. The Labute approximate surface area is 146 Å². The van der Waals surface area contributed by atoms with Crippen LogP contribution >= 0.6 is 8.38 Å². The number of ether oxygens (including phenoxy) is 2. The van der Waals surface area contributed by atoms with Gasteiger partial charge in [-0.3, -0.25) is 9.59 Å². The zero-order valence-corrected chi connectivity index (χ0v) is 14.4. The van der Waals surface area contributed by atoms with Gasteiger partial charge in [0.15, 0.2) is 8.38 Å². The summed E-state index contributed by atoms with van der Waals surface area (Å²) < 4.78 is 9.45. The quantitative estimate of drug-likeness (QED) is 0.247. The van der Waals surface area contributed by atoms with Crippen LogP contribution in [-0.2, 0) is 30.0 Å². The topological polar surface area (TPSA) is 122 Å². The van der Waals surface area contributed by atoms with Crippen molar-refractivity contribution in [2.75, 3.05) is 18.5 Å². The van der Waals surface area contributed by atoms with Crippen LogP contribution in [-0.4, -0.2) is 40.8 Å². The predicted octanol–water partition coefficient (Wildman–Crippen LogP) is 1.47. The van der Waals surface area contributed by atoms with Crippen LogP contribution < -0.4 is 5.32 Å². The molecule has 1 rings (SSSR count). The Kier molecular flexibility index (Phi) is 9.39. The maximum Gasteiger partial charge on any atom is 0.330 e. The van der Waals surface area contributed by atoms with E-state index >= 15 is 0 Å². The molecule has 0 atom stereocenters. The number of carbonyl (C=O) groups is 3. The highest BCUT2D eigenvalue weighted by Gasteiger charge is 2.09. The van der Waals surface area contributed by atoms with E-state index in [0.29, 0.717) is 5.69 Å². The van der Waals surface area contributed by atoms with Crippen LogP contribution in [0.4, 0.5) is 5.69 Å². The lowest BCUT2D eigenvalue weighted by atomic mass is 10.2. The van der Waals surface area contributed by atoms with Crippen molar-refractivity contribution in [3.8, 4) is 0 Å². The molecule has 3 N–H and O–H groups in total. The Morgan fingerprint density at radius 3 is 2.32 bits per heavy atom. The lowest BCUT2D eigenvalue weighted by Crippen LogP contribution is -2.16. The molecule has 0 aliphatic rings. The van der Waals surface area contributed by atoms with Gasteiger partial charge in [-0.2, -0.15) is 0 Å². The number of carbonyl (C=O) groups excluding carboxylic acids is 3. The number of rotatable bonds is 10. The highest BCUT2D eigenvalue weighted by molar-refractivity contribution is 7.44. The molecule has 25 heavy (non-hydrogen) atoms. The third-order valence-electron chi connectivity index (χ3n) is 2.88. The second-order valence-corrected chi connectivity index (χ2v) is 5.93. The SMILES string of the molecule is C=CC(=O)OCCOC(=O)CCC(=O)Nc1ccc(CP(O)O)cc1. The van der Waals surface area contributed by atoms with Crippen molar-refractivity contribution in [3.63, 3.8) is 0 Å². The minimum Gasteiger partial charge on any atom is -0.462 e.